The van der Waals surface area contributed by atoms with Crippen LogP contribution >= 0.6 is 12.2 Å². The van der Waals surface area contributed by atoms with Crippen LogP contribution in [0, 0.1) is 18.7 Å². The smallest absolute Gasteiger partial charge is 0.323 e. The molecule has 0 spiro atoms. The molecular formula is C12H11N3O3S. The van der Waals surface area contributed by atoms with Crippen LogP contribution < -0.4 is 10.6 Å². The predicted molar refractivity (Wildman–Crippen MR) is 70.2 cm³/mol. The number of benzene rings is 1. The van der Waals surface area contributed by atoms with E-state index in [1.54, 1.807) is 0 Å². The van der Waals surface area contributed by atoms with Gasteiger partial charge in [0.1, 0.15) is 0 Å². The van der Waals surface area contributed by atoms with Crippen molar-refractivity contribution < 1.29 is 14.0 Å². The number of carbonyl (C=O) groups excluding carboxylic acids is 2. The Morgan fingerprint density at radius 3 is 2.68 bits per heavy atom. The molecule has 6 nitrogen and oxygen atoms in total. The zero-order valence-electron chi connectivity index (χ0n) is 10.3. The molecule has 1 atom stereocenters. The van der Waals surface area contributed by atoms with Crippen LogP contribution in [0.2, 0.25) is 0 Å². The van der Waals surface area contributed by atoms with Crippen molar-refractivity contribution in [2.45, 2.75) is 20.0 Å². The standard InChI is InChI=1S/C12H11N3O3S/c1-5-3-6(2)8-7(4-5)15(12(19)18-8)9-10(16)14-11(17)13-9/h3-4,9H,1-2H3,(H2,13,14,16,17). The highest BCUT2D eigenvalue weighted by molar-refractivity contribution is 7.71. The summed E-state index contributed by atoms with van der Waals surface area (Å²) in [6.45, 7) is 3.85. The van der Waals surface area contributed by atoms with Crippen LogP contribution in [0.3, 0.4) is 0 Å². The Labute approximate surface area is 113 Å². The van der Waals surface area contributed by atoms with Gasteiger partial charge in [-0.25, -0.2) is 4.79 Å². The molecule has 0 saturated carbocycles. The number of nitrogens with one attached hydrogen (secondary N) is 2. The topological polar surface area (TPSA) is 76.3 Å². The second-order valence-electron chi connectivity index (χ2n) is 4.53. The fourth-order valence-corrected chi connectivity index (χ4v) is 2.60. The van der Waals surface area contributed by atoms with Gasteiger partial charge in [0.25, 0.3) is 10.7 Å². The van der Waals surface area contributed by atoms with Crippen molar-refractivity contribution in [2.75, 3.05) is 0 Å². The van der Waals surface area contributed by atoms with Crippen LogP contribution in [0.1, 0.15) is 17.3 Å². The fourth-order valence-electron chi connectivity index (χ4n) is 2.31. The van der Waals surface area contributed by atoms with Crippen molar-refractivity contribution in [3.8, 4) is 0 Å². The minimum Gasteiger partial charge on any atom is -0.429 e. The zero-order valence-corrected chi connectivity index (χ0v) is 11.1. The molecule has 1 aliphatic rings. The van der Waals surface area contributed by atoms with Crippen LogP contribution in [0.25, 0.3) is 11.1 Å². The molecule has 1 unspecified atom stereocenters. The molecule has 98 valence electrons. The monoisotopic (exact) mass is 277 g/mol. The number of fused-ring (bicyclic) bond motifs is 1. The Kier molecular flexibility index (Phi) is 2.46. The van der Waals surface area contributed by atoms with Gasteiger partial charge in [-0.1, -0.05) is 6.07 Å². The van der Waals surface area contributed by atoms with E-state index in [0.717, 1.165) is 11.1 Å². The molecular weight excluding hydrogens is 266 g/mol. The third-order valence-electron chi connectivity index (χ3n) is 3.06. The van der Waals surface area contributed by atoms with E-state index in [4.69, 9.17) is 16.6 Å². The van der Waals surface area contributed by atoms with Crippen molar-refractivity contribution in [1.82, 2.24) is 15.2 Å². The largest absolute Gasteiger partial charge is 0.429 e. The average Bonchev–Trinajstić information content (AvgIpc) is 2.78. The van der Waals surface area contributed by atoms with Gasteiger partial charge >= 0.3 is 6.03 Å². The number of oxazole rings is 1. The predicted octanol–water partition coefficient (Wildman–Crippen LogP) is 1.92. The summed E-state index contributed by atoms with van der Waals surface area (Å²) in [6, 6.07) is 3.31. The SMILES string of the molecule is Cc1cc(C)c2oc(=S)n(C3NC(=O)NC3=O)c2c1. The quantitative estimate of drug-likeness (QED) is 0.616. The zero-order chi connectivity index (χ0) is 13.7. The van der Waals surface area contributed by atoms with Crippen molar-refractivity contribution >= 4 is 35.3 Å². The second kappa shape index (κ2) is 3.92. The Balaban J connectivity index is 2.29. The minimum atomic E-state index is -0.859. The normalized spacial score (nSPS) is 18.7. The Hall–Kier alpha value is -2.15. The molecule has 1 saturated heterocycles. The molecule has 1 aliphatic heterocycles. The molecule has 3 amide bonds. The summed E-state index contributed by atoms with van der Waals surface area (Å²) in [5.41, 5.74) is 3.29. The van der Waals surface area contributed by atoms with Crippen LogP contribution in [0.5, 0.6) is 0 Å². The van der Waals surface area contributed by atoms with Crippen molar-refractivity contribution in [2.24, 2.45) is 0 Å². The van der Waals surface area contributed by atoms with Gasteiger partial charge in [-0.3, -0.25) is 14.7 Å². The number of aromatic nitrogens is 1. The molecule has 3 rings (SSSR count). The second-order valence-corrected chi connectivity index (χ2v) is 4.88. The van der Waals surface area contributed by atoms with Crippen molar-refractivity contribution in [3.63, 3.8) is 0 Å². The van der Waals surface area contributed by atoms with E-state index in [9.17, 15) is 9.59 Å². The summed E-state index contributed by atoms with van der Waals surface area (Å²) in [6.07, 6.45) is -0.859. The van der Waals surface area contributed by atoms with Crippen LogP contribution in [0.4, 0.5) is 4.79 Å². The number of amides is 3. The van der Waals surface area contributed by atoms with E-state index in [1.807, 2.05) is 26.0 Å². The molecule has 19 heavy (non-hydrogen) atoms. The van der Waals surface area contributed by atoms with Crippen LogP contribution in [0.15, 0.2) is 16.5 Å². The molecule has 1 fully saturated rings. The summed E-state index contributed by atoms with van der Waals surface area (Å²) in [4.78, 5) is 23.1. The molecule has 1 aromatic heterocycles. The maximum absolute atomic E-state index is 11.7. The summed E-state index contributed by atoms with van der Waals surface area (Å²) in [7, 11) is 0. The summed E-state index contributed by atoms with van der Waals surface area (Å²) >= 11 is 5.15. The molecule has 7 heteroatoms. The highest BCUT2D eigenvalue weighted by Crippen LogP contribution is 2.26. The highest BCUT2D eigenvalue weighted by Gasteiger charge is 2.33. The molecule has 0 radical (unpaired) electrons. The van der Waals surface area contributed by atoms with Gasteiger partial charge < -0.3 is 9.73 Å². The van der Waals surface area contributed by atoms with Crippen LogP contribution in [-0.2, 0) is 4.79 Å². The van der Waals surface area contributed by atoms with E-state index in [-0.39, 0.29) is 4.84 Å². The third-order valence-corrected chi connectivity index (χ3v) is 3.34. The summed E-state index contributed by atoms with van der Waals surface area (Å²) in [5, 5.41) is 4.69. The van der Waals surface area contributed by atoms with Gasteiger partial charge in [-0.15, -0.1) is 0 Å². The Bertz CT molecular complexity index is 774. The first-order chi connectivity index (χ1) is 8.97. The third kappa shape index (κ3) is 1.74. The Morgan fingerprint density at radius 1 is 1.32 bits per heavy atom. The van der Waals surface area contributed by atoms with Gasteiger partial charge in [0.2, 0.25) is 0 Å². The van der Waals surface area contributed by atoms with E-state index >= 15 is 0 Å². The lowest BCUT2D eigenvalue weighted by molar-refractivity contribution is -0.121. The number of carbonyl (C=O) groups is 2. The van der Waals surface area contributed by atoms with Gasteiger partial charge in [-0.2, -0.15) is 0 Å². The number of aryl methyl sites for hydroxylation is 2. The van der Waals surface area contributed by atoms with Gasteiger partial charge in [-0.05, 0) is 43.3 Å². The minimum absolute atomic E-state index is 0.158. The lowest BCUT2D eigenvalue weighted by Crippen LogP contribution is -2.26. The number of nitrogens with zero attached hydrogens (tertiary/aromatic N) is 1. The first-order valence-corrected chi connectivity index (χ1v) is 6.12. The molecule has 2 heterocycles. The summed E-state index contributed by atoms with van der Waals surface area (Å²) < 4.78 is 7.05. The van der Waals surface area contributed by atoms with E-state index < -0.39 is 18.1 Å². The van der Waals surface area contributed by atoms with E-state index in [0.29, 0.717) is 11.1 Å². The first kappa shape index (κ1) is 11.9. The molecule has 2 N–H and O–H groups in total. The van der Waals surface area contributed by atoms with Crippen molar-refractivity contribution in [3.05, 3.63) is 28.1 Å². The molecule has 2 aromatic rings. The number of imide groups is 1. The number of hydrogen-bond donors (Lipinski definition) is 2. The summed E-state index contributed by atoms with van der Waals surface area (Å²) in [5.74, 6) is -0.442. The first-order valence-electron chi connectivity index (χ1n) is 5.71. The maximum atomic E-state index is 11.7. The van der Waals surface area contributed by atoms with E-state index in [1.165, 1.54) is 4.57 Å². The Morgan fingerprint density at radius 2 is 2.05 bits per heavy atom. The van der Waals surface area contributed by atoms with Crippen LogP contribution in [-0.4, -0.2) is 16.5 Å². The molecule has 0 aliphatic carbocycles. The van der Waals surface area contributed by atoms with Gasteiger partial charge in [0.05, 0.1) is 5.52 Å². The fraction of sp³-hybridized carbons (Fsp3) is 0.250. The number of hydrogen-bond acceptors (Lipinski definition) is 4. The highest BCUT2D eigenvalue weighted by atomic mass is 32.1. The van der Waals surface area contributed by atoms with Gasteiger partial charge in [0, 0.05) is 0 Å². The van der Waals surface area contributed by atoms with Crippen molar-refractivity contribution in [1.29, 1.82) is 0 Å². The molecule has 1 aromatic carbocycles. The van der Waals surface area contributed by atoms with E-state index in [2.05, 4.69) is 10.6 Å². The number of rotatable bonds is 1. The lowest BCUT2D eigenvalue weighted by atomic mass is 10.1. The van der Waals surface area contributed by atoms with Gasteiger partial charge in [0.15, 0.2) is 11.7 Å². The lowest BCUT2D eigenvalue weighted by Gasteiger charge is -2.09. The average molecular weight is 277 g/mol. The molecule has 0 bridgehead atoms. The number of urea groups is 1. The maximum Gasteiger partial charge on any atom is 0.323 e.